The summed E-state index contributed by atoms with van der Waals surface area (Å²) in [6.45, 7) is 5.48. The summed E-state index contributed by atoms with van der Waals surface area (Å²) >= 11 is 3.20. The van der Waals surface area contributed by atoms with Gasteiger partial charge in [0.1, 0.15) is 23.3 Å². The number of hydrogen-bond acceptors (Lipinski definition) is 5. The lowest BCUT2D eigenvalue weighted by Crippen LogP contribution is -2.48. The first kappa shape index (κ1) is 20.7. The fourth-order valence-corrected chi connectivity index (χ4v) is 5.38. The second-order valence-corrected chi connectivity index (χ2v) is 9.08. The summed E-state index contributed by atoms with van der Waals surface area (Å²) in [5.74, 6) is -0.780. The van der Waals surface area contributed by atoms with Crippen LogP contribution in [0.5, 0.6) is 5.75 Å². The molecule has 1 heterocycles. The normalized spacial score (nSPS) is 22.8. The smallest absolute Gasteiger partial charge is 0.244 e. The molecule has 1 fully saturated rings. The van der Waals surface area contributed by atoms with Crippen LogP contribution in [-0.2, 0) is 10.0 Å². The van der Waals surface area contributed by atoms with E-state index in [1.165, 1.54) is 18.2 Å². The number of benzene rings is 2. The zero-order valence-corrected chi connectivity index (χ0v) is 16.8. The van der Waals surface area contributed by atoms with E-state index in [1.54, 1.807) is 18.2 Å². The van der Waals surface area contributed by atoms with E-state index in [2.05, 4.69) is 20.8 Å². The Balaban J connectivity index is 1.89. The van der Waals surface area contributed by atoms with Crippen LogP contribution >= 0.6 is 15.9 Å². The van der Waals surface area contributed by atoms with Gasteiger partial charge in [-0.1, -0.05) is 12.1 Å². The first-order valence-corrected chi connectivity index (χ1v) is 10.4. The summed E-state index contributed by atoms with van der Waals surface area (Å²) in [6, 6.07) is 9.79. The molecule has 0 amide bonds. The first-order valence-electron chi connectivity index (χ1n) is 8.13. The predicted molar refractivity (Wildman–Crippen MR) is 102 cm³/mol. The third-order valence-corrected chi connectivity index (χ3v) is 7.29. The SMILES string of the molecule is [C-]#[N+]c1ccc(O[C@H]2CN(S(=O)(=O)c3ccccc3Br)C[C@@]2(O)CO)cc1F. The van der Waals surface area contributed by atoms with E-state index in [0.717, 1.165) is 10.4 Å². The molecule has 0 radical (unpaired) electrons. The second kappa shape index (κ2) is 7.77. The summed E-state index contributed by atoms with van der Waals surface area (Å²) < 4.78 is 46.7. The van der Waals surface area contributed by atoms with Crippen LogP contribution in [0.15, 0.2) is 51.8 Å². The van der Waals surface area contributed by atoms with Gasteiger partial charge < -0.3 is 14.9 Å². The molecule has 28 heavy (non-hydrogen) atoms. The first-order chi connectivity index (χ1) is 13.2. The van der Waals surface area contributed by atoms with Crippen molar-refractivity contribution in [3.05, 3.63) is 64.2 Å². The van der Waals surface area contributed by atoms with E-state index >= 15 is 0 Å². The van der Waals surface area contributed by atoms with Gasteiger partial charge in [-0.2, -0.15) is 4.31 Å². The lowest BCUT2D eigenvalue weighted by atomic mass is 10.0. The maximum Gasteiger partial charge on any atom is 0.244 e. The minimum Gasteiger partial charge on any atom is -0.486 e. The number of β-amino-alcohol motifs (C(OH)–C–C–N with tert-alkyl or cyclic N) is 1. The number of halogens is 2. The van der Waals surface area contributed by atoms with Crippen molar-refractivity contribution in [2.45, 2.75) is 16.6 Å². The third kappa shape index (κ3) is 3.76. The molecule has 7 nitrogen and oxygen atoms in total. The number of hydrogen-bond donors (Lipinski definition) is 2. The molecule has 0 spiro atoms. The fourth-order valence-electron chi connectivity index (χ4n) is 2.92. The highest BCUT2D eigenvalue weighted by molar-refractivity contribution is 9.10. The van der Waals surface area contributed by atoms with Gasteiger partial charge in [0.15, 0.2) is 0 Å². The average Bonchev–Trinajstić information content (AvgIpc) is 3.00. The van der Waals surface area contributed by atoms with Gasteiger partial charge in [-0.05, 0) is 40.2 Å². The molecule has 1 aliphatic heterocycles. The van der Waals surface area contributed by atoms with Crippen LogP contribution < -0.4 is 4.74 Å². The van der Waals surface area contributed by atoms with Crippen LogP contribution in [0.25, 0.3) is 4.85 Å². The minimum absolute atomic E-state index is 0.0157. The van der Waals surface area contributed by atoms with Crippen molar-refractivity contribution in [1.82, 2.24) is 4.31 Å². The van der Waals surface area contributed by atoms with Gasteiger partial charge in [-0.15, -0.1) is 0 Å². The largest absolute Gasteiger partial charge is 0.486 e. The molecule has 0 aromatic heterocycles. The van der Waals surface area contributed by atoms with Gasteiger partial charge in [0.25, 0.3) is 0 Å². The zero-order chi connectivity index (χ0) is 20.5. The fraction of sp³-hybridized carbons (Fsp3) is 0.278. The van der Waals surface area contributed by atoms with E-state index in [4.69, 9.17) is 11.3 Å². The van der Waals surface area contributed by atoms with Gasteiger partial charge in [0.05, 0.1) is 24.6 Å². The van der Waals surface area contributed by atoms with E-state index in [9.17, 15) is 23.0 Å². The zero-order valence-electron chi connectivity index (χ0n) is 14.4. The molecule has 0 saturated carbocycles. The standard InChI is InChI=1S/C18H16BrFN2O5S/c1-21-15-7-6-12(8-14(15)20)27-17-9-22(10-18(17,24)11-23)28(25,26)16-5-3-2-4-13(16)19/h2-8,17,23-24H,9-11H2/t17-,18+/m0/s1. The van der Waals surface area contributed by atoms with Crippen molar-refractivity contribution < 1.29 is 27.8 Å². The highest BCUT2D eigenvalue weighted by Crippen LogP contribution is 2.33. The van der Waals surface area contributed by atoms with Crippen molar-refractivity contribution >= 4 is 31.6 Å². The Kier molecular flexibility index (Phi) is 5.74. The number of aliphatic hydroxyl groups is 2. The number of sulfonamides is 1. The summed E-state index contributed by atoms with van der Waals surface area (Å²) in [6.07, 6.45) is -1.13. The Hall–Kier alpha value is -2.03. The van der Waals surface area contributed by atoms with Gasteiger partial charge in [0.2, 0.25) is 15.7 Å². The molecule has 1 aliphatic rings. The van der Waals surface area contributed by atoms with Gasteiger partial charge in [-0.3, -0.25) is 0 Å². The van der Waals surface area contributed by atoms with Crippen LogP contribution in [0, 0.1) is 12.4 Å². The number of aliphatic hydroxyl groups excluding tert-OH is 1. The number of rotatable bonds is 5. The third-order valence-electron chi connectivity index (χ3n) is 4.47. The van der Waals surface area contributed by atoms with Crippen molar-refractivity contribution in [3.8, 4) is 5.75 Å². The highest BCUT2D eigenvalue weighted by Gasteiger charge is 2.51. The van der Waals surface area contributed by atoms with Crippen molar-refractivity contribution in [2.24, 2.45) is 0 Å². The Morgan fingerprint density at radius 3 is 2.68 bits per heavy atom. The van der Waals surface area contributed by atoms with E-state index in [1.807, 2.05) is 0 Å². The average molecular weight is 471 g/mol. The lowest BCUT2D eigenvalue weighted by Gasteiger charge is -2.27. The topological polar surface area (TPSA) is 91.4 Å². The molecule has 2 N–H and O–H groups in total. The molecule has 2 aromatic carbocycles. The molecule has 0 unspecified atom stereocenters. The monoisotopic (exact) mass is 470 g/mol. The number of ether oxygens (including phenoxy) is 1. The Bertz CT molecular complexity index is 1040. The molecule has 10 heteroatoms. The molecule has 1 saturated heterocycles. The Morgan fingerprint density at radius 1 is 1.36 bits per heavy atom. The second-order valence-electron chi connectivity index (χ2n) is 6.32. The van der Waals surface area contributed by atoms with Gasteiger partial charge in [-0.25, -0.2) is 17.7 Å². The molecular formula is C18H16BrFN2O5S. The molecule has 0 bridgehead atoms. The van der Waals surface area contributed by atoms with E-state index in [0.29, 0.717) is 4.47 Å². The quantitative estimate of drug-likeness (QED) is 0.654. The molecule has 0 aliphatic carbocycles. The summed E-state index contributed by atoms with van der Waals surface area (Å²) in [4.78, 5) is 3.03. The van der Waals surface area contributed by atoms with Crippen molar-refractivity contribution in [1.29, 1.82) is 0 Å². The molecule has 3 rings (SSSR count). The number of nitrogens with zero attached hydrogens (tertiary/aromatic N) is 2. The van der Waals surface area contributed by atoms with Crippen LogP contribution in [0.1, 0.15) is 0 Å². The predicted octanol–water partition coefficient (Wildman–Crippen LogP) is 2.31. The highest BCUT2D eigenvalue weighted by atomic mass is 79.9. The maximum atomic E-state index is 13.8. The lowest BCUT2D eigenvalue weighted by molar-refractivity contribution is -0.0641. The van der Waals surface area contributed by atoms with Crippen molar-refractivity contribution in [2.75, 3.05) is 19.7 Å². The molecule has 2 atom stereocenters. The van der Waals surface area contributed by atoms with Crippen LogP contribution in [0.4, 0.5) is 10.1 Å². The Labute approximate surface area is 170 Å². The summed E-state index contributed by atoms with van der Waals surface area (Å²) in [5, 5.41) is 20.4. The van der Waals surface area contributed by atoms with Gasteiger partial charge >= 0.3 is 0 Å². The Morgan fingerprint density at radius 2 is 2.07 bits per heavy atom. The van der Waals surface area contributed by atoms with E-state index < -0.39 is 34.2 Å². The van der Waals surface area contributed by atoms with Crippen LogP contribution in [0.3, 0.4) is 0 Å². The summed E-state index contributed by atoms with van der Waals surface area (Å²) in [7, 11) is -3.97. The van der Waals surface area contributed by atoms with E-state index in [-0.39, 0.29) is 29.4 Å². The maximum absolute atomic E-state index is 13.8. The minimum atomic E-state index is -3.97. The molecular weight excluding hydrogens is 455 g/mol. The van der Waals surface area contributed by atoms with Crippen LogP contribution in [-0.4, -0.2) is 54.3 Å². The van der Waals surface area contributed by atoms with Crippen LogP contribution in [0.2, 0.25) is 0 Å². The van der Waals surface area contributed by atoms with Crippen molar-refractivity contribution in [3.63, 3.8) is 0 Å². The molecule has 148 valence electrons. The molecule has 2 aromatic rings. The van der Waals surface area contributed by atoms with Gasteiger partial charge in [0, 0.05) is 17.1 Å². The summed E-state index contributed by atoms with van der Waals surface area (Å²) in [5.41, 5.74) is -2.06.